The van der Waals surface area contributed by atoms with Gasteiger partial charge in [-0.3, -0.25) is 9.88 Å². The van der Waals surface area contributed by atoms with Crippen LogP contribution in [-0.2, 0) is 0 Å². The Morgan fingerprint density at radius 3 is 2.81 bits per heavy atom. The highest BCUT2D eigenvalue weighted by atomic mass is 19.1. The van der Waals surface area contributed by atoms with Gasteiger partial charge in [-0.25, -0.2) is 8.78 Å². The molecule has 0 radical (unpaired) electrons. The first-order valence-electron chi connectivity index (χ1n) is 16.2. The van der Waals surface area contributed by atoms with Crippen LogP contribution in [0.1, 0.15) is 74.8 Å². The van der Waals surface area contributed by atoms with Gasteiger partial charge in [0.2, 0.25) is 0 Å². The van der Waals surface area contributed by atoms with Gasteiger partial charge in [0.05, 0.1) is 10.9 Å². The Labute approximate surface area is 249 Å². The second kappa shape index (κ2) is 9.44. The molecule has 43 heavy (non-hydrogen) atoms. The van der Waals surface area contributed by atoms with E-state index in [2.05, 4.69) is 27.0 Å². The monoisotopic (exact) mass is 588 g/mol. The van der Waals surface area contributed by atoms with Gasteiger partial charge in [-0.15, -0.1) is 0 Å². The summed E-state index contributed by atoms with van der Waals surface area (Å²) in [5.74, 6) is 1.61. The SMILES string of the molecule is CCC1c2c(-c3ncc4c(N5C[C@H]6CC[C@@H](C5)N6)nc(OC[C@@]56CCCN5C[C@H](F)C6)nc4c3F)cc(O)cc2C2CC21. The van der Waals surface area contributed by atoms with Gasteiger partial charge in [0.1, 0.15) is 35.6 Å². The Kier molecular flexibility index (Phi) is 5.78. The molecule has 8 nitrogen and oxygen atoms in total. The molecule has 2 bridgehead atoms. The average molecular weight is 589 g/mol. The number of aromatic nitrogens is 3. The number of ether oxygens (including phenoxy) is 1. The number of phenols is 1. The minimum atomic E-state index is -0.860. The molecule has 7 atom stereocenters. The number of alkyl halides is 1. The molecule has 6 aliphatic rings. The van der Waals surface area contributed by atoms with Crippen molar-refractivity contribution in [3.8, 4) is 23.0 Å². The molecule has 2 aromatic heterocycles. The van der Waals surface area contributed by atoms with Gasteiger partial charge in [0.15, 0.2) is 5.82 Å². The van der Waals surface area contributed by atoms with E-state index in [1.165, 1.54) is 0 Å². The van der Waals surface area contributed by atoms with Crippen molar-refractivity contribution in [3.05, 3.63) is 35.3 Å². The lowest BCUT2D eigenvalue weighted by molar-refractivity contribution is 0.107. The van der Waals surface area contributed by atoms with Crippen molar-refractivity contribution in [2.24, 2.45) is 5.92 Å². The van der Waals surface area contributed by atoms with Gasteiger partial charge in [0.25, 0.3) is 0 Å². The lowest BCUT2D eigenvalue weighted by Crippen LogP contribution is -2.51. The number of fused-ring (bicyclic) bond motifs is 7. The summed E-state index contributed by atoms with van der Waals surface area (Å²) in [4.78, 5) is 18.7. The van der Waals surface area contributed by atoms with Crippen LogP contribution in [0.3, 0.4) is 0 Å². The Bertz CT molecular complexity index is 1620. The molecule has 4 aliphatic heterocycles. The summed E-state index contributed by atoms with van der Waals surface area (Å²) in [7, 11) is 0. The maximum Gasteiger partial charge on any atom is 0.319 e. The highest BCUT2D eigenvalue weighted by molar-refractivity contribution is 5.92. The van der Waals surface area contributed by atoms with E-state index < -0.39 is 12.0 Å². The van der Waals surface area contributed by atoms with Crippen LogP contribution in [0, 0.1) is 11.7 Å². The zero-order valence-corrected chi connectivity index (χ0v) is 24.5. The molecule has 3 unspecified atom stereocenters. The lowest BCUT2D eigenvalue weighted by atomic mass is 9.87. The third-order valence-corrected chi connectivity index (χ3v) is 11.4. The Balaban J connectivity index is 1.16. The first-order valence-corrected chi connectivity index (χ1v) is 16.2. The number of benzene rings is 1. The third-order valence-electron chi connectivity index (χ3n) is 11.4. The number of anilines is 1. The quantitative estimate of drug-likeness (QED) is 0.414. The number of hydrogen-bond acceptors (Lipinski definition) is 8. The molecule has 226 valence electrons. The van der Waals surface area contributed by atoms with Crippen molar-refractivity contribution < 1.29 is 18.6 Å². The molecule has 10 heteroatoms. The summed E-state index contributed by atoms with van der Waals surface area (Å²) >= 11 is 0. The van der Waals surface area contributed by atoms with E-state index in [9.17, 15) is 9.50 Å². The Morgan fingerprint density at radius 2 is 2.00 bits per heavy atom. The number of nitrogens with one attached hydrogen (secondary N) is 1. The number of nitrogens with zero attached hydrogens (tertiary/aromatic N) is 5. The zero-order chi connectivity index (χ0) is 29.0. The molecular weight excluding hydrogens is 550 g/mol. The largest absolute Gasteiger partial charge is 0.508 e. The Hall–Kier alpha value is -3.11. The zero-order valence-electron chi connectivity index (χ0n) is 24.5. The first kappa shape index (κ1) is 26.3. The van der Waals surface area contributed by atoms with Gasteiger partial charge < -0.3 is 20.1 Å². The Morgan fingerprint density at radius 1 is 1.16 bits per heavy atom. The summed E-state index contributed by atoms with van der Waals surface area (Å²) in [5.41, 5.74) is 2.97. The lowest BCUT2D eigenvalue weighted by Gasteiger charge is -2.34. The minimum absolute atomic E-state index is 0.127. The molecule has 5 fully saturated rings. The number of phenolic OH excluding ortho intramolecular Hbond substituents is 1. The predicted octanol–water partition coefficient (Wildman–Crippen LogP) is 5.04. The minimum Gasteiger partial charge on any atom is -0.508 e. The maximum atomic E-state index is 16.8. The van der Waals surface area contributed by atoms with Gasteiger partial charge in [-0.2, -0.15) is 9.97 Å². The van der Waals surface area contributed by atoms with Crippen molar-refractivity contribution in [3.63, 3.8) is 0 Å². The molecule has 0 spiro atoms. The second-order valence-corrected chi connectivity index (χ2v) is 13.9. The van der Waals surface area contributed by atoms with Gasteiger partial charge in [-0.1, -0.05) is 6.92 Å². The van der Waals surface area contributed by atoms with Crippen molar-refractivity contribution in [1.29, 1.82) is 0 Å². The van der Waals surface area contributed by atoms with Crippen LogP contribution in [-0.4, -0.2) is 81.5 Å². The number of piperazine rings is 1. The number of aromatic hydroxyl groups is 1. The van der Waals surface area contributed by atoms with E-state index in [0.717, 1.165) is 69.3 Å². The van der Waals surface area contributed by atoms with Crippen molar-refractivity contribution in [1.82, 2.24) is 25.2 Å². The molecule has 3 aromatic rings. The van der Waals surface area contributed by atoms with Crippen molar-refractivity contribution >= 4 is 16.7 Å². The van der Waals surface area contributed by atoms with Crippen molar-refractivity contribution in [2.45, 2.75) is 87.5 Å². The highest BCUT2D eigenvalue weighted by Crippen LogP contribution is 2.65. The molecule has 9 rings (SSSR count). The number of hydrogen-bond donors (Lipinski definition) is 2. The van der Waals surface area contributed by atoms with Crippen LogP contribution in [0.5, 0.6) is 11.8 Å². The van der Waals surface area contributed by atoms with E-state index in [0.29, 0.717) is 59.6 Å². The van der Waals surface area contributed by atoms with Crippen LogP contribution in [0.15, 0.2) is 18.3 Å². The fraction of sp³-hybridized carbons (Fsp3) is 0.606. The van der Waals surface area contributed by atoms with E-state index in [1.807, 2.05) is 6.07 Å². The molecule has 2 aliphatic carbocycles. The van der Waals surface area contributed by atoms with E-state index >= 15 is 4.39 Å². The number of pyridine rings is 1. The van der Waals surface area contributed by atoms with Crippen LogP contribution in [0.25, 0.3) is 22.2 Å². The molecule has 1 saturated carbocycles. The molecule has 0 amide bonds. The molecular formula is C33H38F2N6O2. The van der Waals surface area contributed by atoms with Crippen LogP contribution < -0.4 is 15.0 Å². The van der Waals surface area contributed by atoms with Crippen LogP contribution in [0.4, 0.5) is 14.6 Å². The van der Waals surface area contributed by atoms with E-state index in [4.69, 9.17) is 14.7 Å². The molecule has 1 aromatic carbocycles. The summed E-state index contributed by atoms with van der Waals surface area (Å²) in [6, 6.07) is 4.38. The standard InChI is InChI=1S/C33H38F2N6O2/c1-2-21-22-10-23(22)24-8-20(42)9-25(27(21)24)29-28(35)30-26(12-36-29)31(40-14-18-4-5-19(15-40)37-18)39-32(38-30)43-16-33-6-3-7-41(33)13-17(34)11-33/h8-9,12,17-19,21-23,37,42H,2-7,10-11,13-16H2,1H3/t17-,18-,19+,21?,22?,23?,33+/m1/s1. The van der Waals surface area contributed by atoms with Crippen LogP contribution in [0.2, 0.25) is 0 Å². The van der Waals surface area contributed by atoms with E-state index in [1.54, 1.807) is 12.3 Å². The van der Waals surface area contributed by atoms with Crippen LogP contribution >= 0.6 is 0 Å². The molecule has 4 saturated heterocycles. The highest BCUT2D eigenvalue weighted by Gasteiger charge is 2.52. The number of halogens is 2. The van der Waals surface area contributed by atoms with Crippen molar-refractivity contribution in [2.75, 3.05) is 37.7 Å². The third kappa shape index (κ3) is 4.01. The fourth-order valence-electron chi connectivity index (χ4n) is 9.45. The maximum absolute atomic E-state index is 16.8. The summed E-state index contributed by atoms with van der Waals surface area (Å²) in [6.07, 6.45) is 7.49. The predicted molar refractivity (Wildman–Crippen MR) is 159 cm³/mol. The van der Waals surface area contributed by atoms with Gasteiger partial charge in [-0.05, 0) is 86.1 Å². The number of rotatable bonds is 6. The normalized spacial score (nSPS) is 34.1. The summed E-state index contributed by atoms with van der Waals surface area (Å²) < 4.78 is 37.6. The first-order chi connectivity index (χ1) is 20.9. The molecule has 2 N–H and O–H groups in total. The second-order valence-electron chi connectivity index (χ2n) is 13.9. The fourth-order valence-corrected chi connectivity index (χ4v) is 9.45. The topological polar surface area (TPSA) is 86.6 Å². The smallest absolute Gasteiger partial charge is 0.319 e. The average Bonchev–Trinajstić information content (AvgIpc) is 3.23. The van der Waals surface area contributed by atoms with Gasteiger partial charge in [0, 0.05) is 49.9 Å². The van der Waals surface area contributed by atoms with Gasteiger partial charge >= 0.3 is 6.01 Å². The molecule has 6 heterocycles. The van der Waals surface area contributed by atoms with E-state index in [-0.39, 0.29) is 35.1 Å². The summed E-state index contributed by atoms with van der Waals surface area (Å²) in [5, 5.41) is 14.9. The summed E-state index contributed by atoms with van der Waals surface area (Å²) in [6.45, 7) is 5.32.